The first-order valence-electron chi connectivity index (χ1n) is 10.7. The van der Waals surface area contributed by atoms with Crippen LogP contribution in [0.25, 0.3) is 0 Å². The van der Waals surface area contributed by atoms with Gasteiger partial charge in [-0.2, -0.15) is 0 Å². The number of benzene rings is 2. The second-order valence-electron chi connectivity index (χ2n) is 7.74. The van der Waals surface area contributed by atoms with Crippen LogP contribution in [0.5, 0.6) is 0 Å². The van der Waals surface area contributed by atoms with Crippen LogP contribution in [0, 0.1) is 0 Å². The number of nitrogens with zero attached hydrogens (tertiary/aromatic N) is 1. The van der Waals surface area contributed by atoms with Crippen molar-refractivity contribution in [3.63, 3.8) is 0 Å². The average molecular weight is 479 g/mol. The zero-order valence-electron chi connectivity index (χ0n) is 17.7. The molecule has 0 saturated heterocycles. The summed E-state index contributed by atoms with van der Waals surface area (Å²) in [5, 5.41) is 4.13. The highest BCUT2D eigenvalue weighted by atomic mass is 35.5. The maximum Gasteiger partial charge on any atom is 0.243 e. The number of carbonyl (C=O) groups is 2. The Balaban J connectivity index is 1.80. The molecule has 1 aliphatic carbocycles. The first-order chi connectivity index (χ1) is 15.0. The number of halogens is 2. The fraction of sp³-hybridized carbons (Fsp3) is 0.417. The summed E-state index contributed by atoms with van der Waals surface area (Å²) in [5.74, 6) is 0.0214. The maximum atomic E-state index is 13.3. The van der Waals surface area contributed by atoms with E-state index in [2.05, 4.69) is 5.32 Å². The molecule has 1 aliphatic rings. The van der Waals surface area contributed by atoms with Crippen molar-refractivity contribution in [2.24, 2.45) is 0 Å². The molecule has 7 heteroatoms. The Hall–Kier alpha value is -1.69. The normalized spacial score (nSPS) is 14.9. The van der Waals surface area contributed by atoms with E-state index in [1.165, 1.54) is 11.8 Å². The van der Waals surface area contributed by atoms with Gasteiger partial charge >= 0.3 is 0 Å². The number of rotatable bonds is 9. The third-order valence-electron chi connectivity index (χ3n) is 5.58. The van der Waals surface area contributed by atoms with Gasteiger partial charge in [0.05, 0.1) is 5.75 Å². The van der Waals surface area contributed by atoms with Gasteiger partial charge in [0, 0.05) is 33.1 Å². The quantitative estimate of drug-likeness (QED) is 0.452. The fourth-order valence-corrected chi connectivity index (χ4v) is 5.21. The van der Waals surface area contributed by atoms with Crippen LogP contribution in [-0.4, -0.2) is 34.6 Å². The molecule has 0 heterocycles. The van der Waals surface area contributed by atoms with Crippen LogP contribution in [0.4, 0.5) is 0 Å². The number of hydrogen-bond acceptors (Lipinski definition) is 3. The van der Waals surface area contributed by atoms with Crippen molar-refractivity contribution in [1.29, 1.82) is 0 Å². The molecule has 0 aromatic heterocycles. The van der Waals surface area contributed by atoms with E-state index in [9.17, 15) is 9.59 Å². The van der Waals surface area contributed by atoms with E-state index in [-0.39, 0.29) is 30.2 Å². The third-order valence-corrected chi connectivity index (χ3v) is 7.29. The zero-order valence-corrected chi connectivity index (χ0v) is 20.0. The molecular formula is C24H28Cl2N2O2S. The Morgan fingerprint density at radius 3 is 2.32 bits per heavy atom. The van der Waals surface area contributed by atoms with Gasteiger partial charge in [-0.25, -0.2) is 0 Å². The topological polar surface area (TPSA) is 49.4 Å². The average Bonchev–Trinajstić information content (AvgIpc) is 3.27. The molecule has 1 unspecified atom stereocenters. The summed E-state index contributed by atoms with van der Waals surface area (Å²) in [4.78, 5) is 29.1. The molecule has 0 spiro atoms. The van der Waals surface area contributed by atoms with Crippen LogP contribution < -0.4 is 5.32 Å². The van der Waals surface area contributed by atoms with Crippen LogP contribution in [0.2, 0.25) is 10.0 Å². The Bertz CT molecular complexity index is 868. The molecular weight excluding hydrogens is 451 g/mol. The predicted octanol–water partition coefficient (Wildman–Crippen LogP) is 5.95. The third kappa shape index (κ3) is 6.64. The minimum absolute atomic E-state index is 0.101. The van der Waals surface area contributed by atoms with E-state index >= 15 is 0 Å². The number of hydrogen-bond donors (Lipinski definition) is 1. The smallest absolute Gasteiger partial charge is 0.243 e. The van der Waals surface area contributed by atoms with E-state index in [1.54, 1.807) is 23.1 Å². The molecule has 0 radical (unpaired) electrons. The van der Waals surface area contributed by atoms with Crippen LogP contribution in [0.1, 0.15) is 44.6 Å². The van der Waals surface area contributed by atoms with E-state index in [4.69, 9.17) is 23.2 Å². The van der Waals surface area contributed by atoms with Crippen molar-refractivity contribution >= 4 is 46.8 Å². The van der Waals surface area contributed by atoms with Gasteiger partial charge in [-0.05, 0) is 43.5 Å². The number of nitrogens with one attached hydrogen (secondary N) is 1. The standard InChI is InChI=1S/C24H28Cl2N2O2S/c1-2-22(24(30)27-17-9-6-7-10-17)28(15-19-20(25)13-8-14-21(19)26)23(29)16-31-18-11-4-3-5-12-18/h3-5,8,11-14,17,22H,2,6-7,9-10,15-16H2,1H3,(H,27,30). The van der Waals surface area contributed by atoms with Gasteiger partial charge in [0.15, 0.2) is 0 Å². The lowest BCUT2D eigenvalue weighted by molar-refractivity contribution is -0.139. The summed E-state index contributed by atoms with van der Waals surface area (Å²) < 4.78 is 0. The molecule has 2 aromatic carbocycles. The minimum atomic E-state index is -0.572. The highest BCUT2D eigenvalue weighted by Crippen LogP contribution is 2.28. The van der Waals surface area contributed by atoms with Crippen molar-refractivity contribution in [1.82, 2.24) is 10.2 Å². The number of amides is 2. The molecule has 31 heavy (non-hydrogen) atoms. The van der Waals surface area contributed by atoms with Gasteiger partial charge in [-0.15, -0.1) is 11.8 Å². The van der Waals surface area contributed by atoms with E-state index in [0.717, 1.165) is 30.6 Å². The van der Waals surface area contributed by atoms with Gasteiger partial charge in [0.25, 0.3) is 0 Å². The van der Waals surface area contributed by atoms with E-state index in [0.29, 0.717) is 22.0 Å². The van der Waals surface area contributed by atoms with Gasteiger partial charge < -0.3 is 10.2 Å². The molecule has 0 aliphatic heterocycles. The summed E-state index contributed by atoms with van der Waals surface area (Å²) in [6.45, 7) is 2.13. The summed E-state index contributed by atoms with van der Waals surface area (Å²) in [6.07, 6.45) is 4.77. The molecule has 166 valence electrons. The highest BCUT2D eigenvalue weighted by Gasteiger charge is 2.31. The molecule has 3 rings (SSSR count). The molecule has 0 bridgehead atoms. The molecule has 1 fully saturated rings. The van der Waals surface area contributed by atoms with Crippen molar-refractivity contribution < 1.29 is 9.59 Å². The maximum absolute atomic E-state index is 13.3. The summed E-state index contributed by atoms with van der Waals surface area (Å²) in [7, 11) is 0. The van der Waals surface area contributed by atoms with Crippen molar-refractivity contribution in [3.8, 4) is 0 Å². The number of thioether (sulfide) groups is 1. The Labute approximate surface area is 198 Å². The van der Waals surface area contributed by atoms with Crippen LogP contribution >= 0.6 is 35.0 Å². The van der Waals surface area contributed by atoms with Crippen molar-refractivity contribution in [3.05, 3.63) is 64.1 Å². The molecule has 1 N–H and O–H groups in total. The summed E-state index contributed by atoms with van der Waals surface area (Å²) >= 11 is 14.2. The summed E-state index contributed by atoms with van der Waals surface area (Å²) in [5.41, 5.74) is 0.663. The lowest BCUT2D eigenvalue weighted by atomic mass is 10.1. The lowest BCUT2D eigenvalue weighted by Gasteiger charge is -2.32. The van der Waals surface area contributed by atoms with Gasteiger partial charge in [0.2, 0.25) is 11.8 Å². The van der Waals surface area contributed by atoms with Crippen molar-refractivity contribution in [2.45, 2.75) is 62.6 Å². The fourth-order valence-electron chi connectivity index (χ4n) is 3.89. The minimum Gasteiger partial charge on any atom is -0.352 e. The summed E-state index contributed by atoms with van der Waals surface area (Å²) in [6, 6.07) is 14.7. The first-order valence-corrected chi connectivity index (χ1v) is 12.4. The van der Waals surface area contributed by atoms with Gasteiger partial charge in [0.1, 0.15) is 6.04 Å². The molecule has 1 saturated carbocycles. The van der Waals surface area contributed by atoms with Gasteiger partial charge in [-0.3, -0.25) is 9.59 Å². The van der Waals surface area contributed by atoms with Gasteiger partial charge in [-0.1, -0.05) is 67.2 Å². The monoisotopic (exact) mass is 478 g/mol. The van der Waals surface area contributed by atoms with Crippen LogP contribution in [0.15, 0.2) is 53.4 Å². The Morgan fingerprint density at radius 1 is 1.06 bits per heavy atom. The van der Waals surface area contributed by atoms with E-state index in [1.807, 2.05) is 37.3 Å². The molecule has 1 atom stereocenters. The highest BCUT2D eigenvalue weighted by molar-refractivity contribution is 8.00. The second-order valence-corrected chi connectivity index (χ2v) is 9.60. The zero-order chi connectivity index (χ0) is 22.2. The van der Waals surface area contributed by atoms with Crippen LogP contribution in [-0.2, 0) is 16.1 Å². The molecule has 2 aromatic rings. The lowest BCUT2D eigenvalue weighted by Crippen LogP contribution is -2.51. The Morgan fingerprint density at radius 2 is 1.71 bits per heavy atom. The molecule has 4 nitrogen and oxygen atoms in total. The SMILES string of the molecule is CCC(C(=O)NC1CCCC1)N(Cc1c(Cl)cccc1Cl)C(=O)CSc1ccccc1. The molecule has 2 amide bonds. The van der Waals surface area contributed by atoms with E-state index < -0.39 is 6.04 Å². The second kappa shape index (κ2) is 11.8. The van der Waals surface area contributed by atoms with Crippen molar-refractivity contribution in [2.75, 3.05) is 5.75 Å². The predicted molar refractivity (Wildman–Crippen MR) is 129 cm³/mol. The van der Waals surface area contributed by atoms with Crippen LogP contribution in [0.3, 0.4) is 0 Å². The largest absolute Gasteiger partial charge is 0.352 e. The Kier molecular flexibility index (Phi) is 9.12. The number of carbonyl (C=O) groups excluding carboxylic acids is 2. The first kappa shape index (κ1) is 24.0.